The Kier molecular flexibility index (Phi) is 4.46. The van der Waals surface area contributed by atoms with E-state index in [4.69, 9.17) is 4.74 Å². The van der Waals surface area contributed by atoms with E-state index in [1.807, 2.05) is 48.5 Å². The summed E-state index contributed by atoms with van der Waals surface area (Å²) >= 11 is 0. The van der Waals surface area contributed by atoms with Gasteiger partial charge in [0.1, 0.15) is 5.75 Å². The van der Waals surface area contributed by atoms with Crippen LogP contribution in [0.5, 0.6) is 5.75 Å². The van der Waals surface area contributed by atoms with Crippen molar-refractivity contribution in [2.24, 2.45) is 0 Å². The second-order valence-corrected chi connectivity index (χ2v) is 6.24. The first kappa shape index (κ1) is 15.3. The molecule has 2 heteroatoms. The topological polar surface area (TPSA) is 26.3 Å². The van der Waals surface area contributed by atoms with Crippen molar-refractivity contribution in [1.29, 1.82) is 0 Å². The molecule has 110 valence electrons. The molecule has 0 saturated carbocycles. The van der Waals surface area contributed by atoms with E-state index in [9.17, 15) is 4.79 Å². The molecular formula is C19H22O2. The number of benzene rings is 2. The lowest BCUT2D eigenvalue weighted by Gasteiger charge is -2.19. The molecule has 0 heterocycles. The van der Waals surface area contributed by atoms with Crippen molar-refractivity contribution in [2.45, 2.75) is 32.6 Å². The zero-order chi connectivity index (χ0) is 15.5. The SMILES string of the molecule is COc1ccccc1CC(=O)c1ccc(C(C)(C)C)cc1. The van der Waals surface area contributed by atoms with Crippen LogP contribution in [0.25, 0.3) is 0 Å². The predicted molar refractivity (Wildman–Crippen MR) is 86.2 cm³/mol. The van der Waals surface area contributed by atoms with Gasteiger partial charge in [0.15, 0.2) is 5.78 Å². The maximum Gasteiger partial charge on any atom is 0.167 e. The van der Waals surface area contributed by atoms with Crippen LogP contribution in [-0.2, 0) is 11.8 Å². The second-order valence-electron chi connectivity index (χ2n) is 6.24. The van der Waals surface area contributed by atoms with Crippen LogP contribution in [0, 0.1) is 0 Å². The number of ether oxygens (including phenoxy) is 1. The average Bonchev–Trinajstić information content (AvgIpc) is 2.47. The third kappa shape index (κ3) is 3.72. The van der Waals surface area contributed by atoms with Crippen molar-refractivity contribution in [2.75, 3.05) is 7.11 Å². The van der Waals surface area contributed by atoms with Crippen LogP contribution in [0.1, 0.15) is 42.3 Å². The minimum atomic E-state index is 0.101. The monoisotopic (exact) mass is 282 g/mol. The van der Waals surface area contributed by atoms with Crippen molar-refractivity contribution < 1.29 is 9.53 Å². The Balaban J connectivity index is 2.17. The molecule has 0 spiro atoms. The Bertz CT molecular complexity index is 619. The highest BCUT2D eigenvalue weighted by molar-refractivity contribution is 5.97. The standard InChI is InChI=1S/C19H22O2/c1-19(2,3)16-11-9-14(10-12-16)17(20)13-15-7-5-6-8-18(15)21-4/h5-12H,13H2,1-4H3. The summed E-state index contributed by atoms with van der Waals surface area (Å²) in [4.78, 5) is 12.4. The molecule has 0 bridgehead atoms. The fraction of sp³-hybridized carbons (Fsp3) is 0.316. The van der Waals surface area contributed by atoms with Crippen molar-refractivity contribution in [3.8, 4) is 5.75 Å². The first-order valence-corrected chi connectivity index (χ1v) is 7.17. The smallest absolute Gasteiger partial charge is 0.167 e. The van der Waals surface area contributed by atoms with E-state index in [1.165, 1.54) is 5.56 Å². The van der Waals surface area contributed by atoms with Crippen molar-refractivity contribution in [1.82, 2.24) is 0 Å². The molecule has 0 N–H and O–H groups in total. The molecule has 0 amide bonds. The lowest BCUT2D eigenvalue weighted by molar-refractivity contribution is 0.0992. The molecule has 0 aliphatic heterocycles. The van der Waals surface area contributed by atoms with E-state index in [0.717, 1.165) is 16.9 Å². The number of rotatable bonds is 4. The number of ketones is 1. The molecule has 2 aromatic carbocycles. The van der Waals surface area contributed by atoms with Gasteiger partial charge in [-0.15, -0.1) is 0 Å². The quantitative estimate of drug-likeness (QED) is 0.776. The molecule has 2 aromatic rings. The third-order valence-corrected chi connectivity index (χ3v) is 3.62. The maximum atomic E-state index is 12.4. The van der Waals surface area contributed by atoms with Gasteiger partial charge in [-0.3, -0.25) is 4.79 Å². The van der Waals surface area contributed by atoms with Gasteiger partial charge in [0.25, 0.3) is 0 Å². The van der Waals surface area contributed by atoms with Gasteiger partial charge in [-0.25, -0.2) is 0 Å². The third-order valence-electron chi connectivity index (χ3n) is 3.62. The van der Waals surface area contributed by atoms with Crippen LogP contribution in [-0.4, -0.2) is 12.9 Å². The van der Waals surface area contributed by atoms with Gasteiger partial charge in [0, 0.05) is 17.5 Å². The summed E-state index contributed by atoms with van der Waals surface area (Å²) < 4.78 is 5.29. The normalized spacial score (nSPS) is 11.2. The summed E-state index contributed by atoms with van der Waals surface area (Å²) in [5, 5.41) is 0. The maximum absolute atomic E-state index is 12.4. The first-order valence-electron chi connectivity index (χ1n) is 7.17. The zero-order valence-corrected chi connectivity index (χ0v) is 13.1. The number of carbonyl (C=O) groups is 1. The molecule has 2 nitrogen and oxygen atoms in total. The van der Waals surface area contributed by atoms with Crippen molar-refractivity contribution >= 4 is 5.78 Å². The van der Waals surface area contributed by atoms with Crippen LogP contribution in [0.4, 0.5) is 0 Å². The number of hydrogen-bond acceptors (Lipinski definition) is 2. The lowest BCUT2D eigenvalue weighted by Crippen LogP contribution is -2.11. The Labute approximate surface area is 126 Å². The molecule has 0 saturated heterocycles. The van der Waals surface area contributed by atoms with Gasteiger partial charge in [-0.05, 0) is 17.0 Å². The van der Waals surface area contributed by atoms with Gasteiger partial charge in [0.05, 0.1) is 7.11 Å². The summed E-state index contributed by atoms with van der Waals surface area (Å²) in [5.41, 5.74) is 3.00. The molecule has 0 aliphatic carbocycles. The Hall–Kier alpha value is -2.09. The van der Waals surface area contributed by atoms with Gasteiger partial charge in [-0.1, -0.05) is 63.2 Å². The minimum Gasteiger partial charge on any atom is -0.496 e. The highest BCUT2D eigenvalue weighted by Gasteiger charge is 2.15. The summed E-state index contributed by atoms with van der Waals surface area (Å²) in [6.45, 7) is 6.50. The molecule has 0 aliphatic rings. The van der Waals surface area contributed by atoms with Gasteiger partial charge >= 0.3 is 0 Å². The largest absolute Gasteiger partial charge is 0.496 e. The molecule has 0 fully saturated rings. The van der Waals surface area contributed by atoms with E-state index >= 15 is 0 Å². The summed E-state index contributed by atoms with van der Waals surface area (Å²) in [6.07, 6.45) is 0.360. The van der Waals surface area contributed by atoms with Gasteiger partial charge in [0.2, 0.25) is 0 Å². The van der Waals surface area contributed by atoms with Crippen LogP contribution in [0.2, 0.25) is 0 Å². The summed E-state index contributed by atoms with van der Waals surface area (Å²) in [5.74, 6) is 0.872. The summed E-state index contributed by atoms with van der Waals surface area (Å²) in [6, 6.07) is 15.5. The predicted octanol–water partition coefficient (Wildman–Crippen LogP) is 4.42. The molecule has 0 unspecified atom stereocenters. The van der Waals surface area contributed by atoms with Crippen LogP contribution >= 0.6 is 0 Å². The fourth-order valence-electron chi connectivity index (χ4n) is 2.28. The number of Topliss-reactive ketones (excluding diaryl/α,β-unsaturated/α-hetero) is 1. The average molecular weight is 282 g/mol. The number of para-hydroxylation sites is 1. The molecule has 2 rings (SSSR count). The number of methoxy groups -OCH3 is 1. The Morgan fingerprint density at radius 1 is 1.00 bits per heavy atom. The highest BCUT2D eigenvalue weighted by atomic mass is 16.5. The Morgan fingerprint density at radius 3 is 2.19 bits per heavy atom. The van der Waals surface area contributed by atoms with E-state index in [0.29, 0.717) is 6.42 Å². The van der Waals surface area contributed by atoms with Gasteiger partial charge < -0.3 is 4.74 Å². The minimum absolute atomic E-state index is 0.101. The van der Waals surface area contributed by atoms with Gasteiger partial charge in [-0.2, -0.15) is 0 Å². The molecule has 21 heavy (non-hydrogen) atoms. The summed E-state index contributed by atoms with van der Waals surface area (Å²) in [7, 11) is 1.63. The first-order chi connectivity index (χ1) is 9.91. The molecular weight excluding hydrogens is 260 g/mol. The van der Waals surface area contributed by atoms with Crippen LogP contribution in [0.15, 0.2) is 48.5 Å². The van der Waals surface area contributed by atoms with E-state index in [2.05, 4.69) is 20.8 Å². The number of hydrogen-bond donors (Lipinski definition) is 0. The molecule has 0 atom stereocenters. The van der Waals surface area contributed by atoms with Crippen LogP contribution in [0.3, 0.4) is 0 Å². The van der Waals surface area contributed by atoms with E-state index < -0.39 is 0 Å². The van der Waals surface area contributed by atoms with Crippen LogP contribution < -0.4 is 4.74 Å². The zero-order valence-electron chi connectivity index (χ0n) is 13.1. The molecule has 0 aromatic heterocycles. The number of carbonyl (C=O) groups excluding carboxylic acids is 1. The van der Waals surface area contributed by atoms with Crippen molar-refractivity contribution in [3.63, 3.8) is 0 Å². The Morgan fingerprint density at radius 2 is 1.62 bits per heavy atom. The highest BCUT2D eigenvalue weighted by Crippen LogP contribution is 2.23. The molecule has 0 radical (unpaired) electrons. The van der Waals surface area contributed by atoms with E-state index in [-0.39, 0.29) is 11.2 Å². The van der Waals surface area contributed by atoms with Crippen molar-refractivity contribution in [3.05, 3.63) is 65.2 Å². The fourth-order valence-corrected chi connectivity index (χ4v) is 2.28. The second kappa shape index (κ2) is 6.13. The van der Waals surface area contributed by atoms with E-state index in [1.54, 1.807) is 7.11 Å². The lowest BCUT2D eigenvalue weighted by atomic mass is 9.86.